The second-order valence-corrected chi connectivity index (χ2v) is 8.98. The van der Waals surface area contributed by atoms with Crippen LogP contribution >= 0.6 is 0 Å². The van der Waals surface area contributed by atoms with Crippen molar-refractivity contribution >= 4 is 16.8 Å². The van der Waals surface area contributed by atoms with Gasteiger partial charge in [0.2, 0.25) is 0 Å². The third-order valence-electron chi connectivity index (χ3n) is 7.01. The van der Waals surface area contributed by atoms with Crippen LogP contribution in [0.3, 0.4) is 0 Å². The summed E-state index contributed by atoms with van der Waals surface area (Å²) in [6, 6.07) is 34.7. The van der Waals surface area contributed by atoms with Crippen LogP contribution in [0.15, 0.2) is 103 Å². The molecule has 0 bridgehead atoms. The number of carbonyl (C=O) groups is 1. The maximum atomic E-state index is 13.8. The number of methoxy groups -OCH3 is 1. The SMILES string of the molecule is COc1cccc(CN2C(=O)c3ccccc3C2c2c(-c3ccccc3)n(C)c3ccccc23)c1. The zero-order chi connectivity index (χ0) is 23.9. The van der Waals surface area contributed by atoms with Gasteiger partial charge in [-0.05, 0) is 41.0 Å². The molecule has 1 aromatic heterocycles. The van der Waals surface area contributed by atoms with E-state index in [1.54, 1.807) is 7.11 Å². The number of fused-ring (bicyclic) bond motifs is 2. The van der Waals surface area contributed by atoms with E-state index >= 15 is 0 Å². The Bertz CT molecular complexity index is 1550. The number of nitrogens with zero attached hydrogens (tertiary/aromatic N) is 2. The lowest BCUT2D eigenvalue weighted by Gasteiger charge is -2.27. The normalized spacial score (nSPS) is 15.0. The van der Waals surface area contributed by atoms with Crippen molar-refractivity contribution in [2.75, 3.05) is 7.11 Å². The average Bonchev–Trinajstić information content (AvgIpc) is 3.35. The maximum absolute atomic E-state index is 13.8. The Hall–Kier alpha value is -4.31. The van der Waals surface area contributed by atoms with Crippen molar-refractivity contribution in [3.63, 3.8) is 0 Å². The highest BCUT2D eigenvalue weighted by molar-refractivity contribution is 6.02. The minimum absolute atomic E-state index is 0.0559. The van der Waals surface area contributed by atoms with E-state index in [9.17, 15) is 4.79 Å². The van der Waals surface area contributed by atoms with Gasteiger partial charge in [-0.3, -0.25) is 4.79 Å². The first-order chi connectivity index (χ1) is 17.2. The lowest BCUT2D eigenvalue weighted by atomic mass is 9.93. The zero-order valence-corrected chi connectivity index (χ0v) is 19.8. The number of aromatic nitrogens is 1. The van der Waals surface area contributed by atoms with Crippen molar-refractivity contribution in [3.05, 3.63) is 125 Å². The lowest BCUT2D eigenvalue weighted by Crippen LogP contribution is -2.28. The predicted molar refractivity (Wildman–Crippen MR) is 140 cm³/mol. The smallest absolute Gasteiger partial charge is 0.255 e. The molecule has 0 N–H and O–H groups in total. The highest BCUT2D eigenvalue weighted by Crippen LogP contribution is 2.47. The van der Waals surface area contributed by atoms with Crippen molar-refractivity contribution in [1.29, 1.82) is 0 Å². The van der Waals surface area contributed by atoms with Crippen LogP contribution in [-0.4, -0.2) is 22.5 Å². The van der Waals surface area contributed by atoms with Crippen LogP contribution in [-0.2, 0) is 13.6 Å². The number of ether oxygens (including phenoxy) is 1. The van der Waals surface area contributed by atoms with Crippen molar-refractivity contribution in [2.45, 2.75) is 12.6 Å². The number of aryl methyl sites for hydroxylation is 1. The molecule has 2 heterocycles. The first kappa shape index (κ1) is 21.2. The van der Waals surface area contributed by atoms with E-state index in [2.05, 4.69) is 72.3 Å². The second-order valence-electron chi connectivity index (χ2n) is 8.98. The van der Waals surface area contributed by atoms with E-state index in [0.29, 0.717) is 6.54 Å². The van der Waals surface area contributed by atoms with Crippen LogP contribution in [0.1, 0.15) is 33.1 Å². The Balaban J connectivity index is 1.61. The molecular formula is C31H26N2O2. The molecule has 4 aromatic carbocycles. The lowest BCUT2D eigenvalue weighted by molar-refractivity contribution is 0.0737. The summed E-state index contributed by atoms with van der Waals surface area (Å²) in [6.07, 6.45) is 0. The summed E-state index contributed by atoms with van der Waals surface area (Å²) in [5, 5.41) is 1.17. The number of hydrogen-bond donors (Lipinski definition) is 0. The van der Waals surface area contributed by atoms with Crippen LogP contribution in [0.5, 0.6) is 5.75 Å². The molecule has 0 fully saturated rings. The van der Waals surface area contributed by atoms with E-state index in [4.69, 9.17) is 4.74 Å². The molecule has 1 unspecified atom stereocenters. The fourth-order valence-electron chi connectivity index (χ4n) is 5.46. The van der Waals surface area contributed by atoms with Crippen molar-refractivity contribution in [2.24, 2.45) is 7.05 Å². The zero-order valence-electron chi connectivity index (χ0n) is 19.8. The summed E-state index contributed by atoms with van der Waals surface area (Å²) in [4.78, 5) is 15.8. The molecule has 1 atom stereocenters. The number of hydrogen-bond acceptors (Lipinski definition) is 2. The predicted octanol–water partition coefficient (Wildman–Crippen LogP) is 6.60. The number of para-hydroxylation sites is 1. The van der Waals surface area contributed by atoms with Gasteiger partial charge < -0.3 is 14.2 Å². The molecule has 5 aromatic rings. The van der Waals surface area contributed by atoms with Gasteiger partial charge in [0.25, 0.3) is 5.91 Å². The monoisotopic (exact) mass is 458 g/mol. The number of carbonyl (C=O) groups excluding carboxylic acids is 1. The van der Waals surface area contributed by atoms with Gasteiger partial charge in [0, 0.05) is 35.6 Å². The Morgan fingerprint density at radius 1 is 0.829 bits per heavy atom. The summed E-state index contributed by atoms with van der Waals surface area (Å²) < 4.78 is 7.71. The molecule has 1 amide bonds. The topological polar surface area (TPSA) is 34.5 Å². The largest absolute Gasteiger partial charge is 0.497 e. The minimum Gasteiger partial charge on any atom is -0.497 e. The van der Waals surface area contributed by atoms with Gasteiger partial charge in [-0.25, -0.2) is 0 Å². The molecular weight excluding hydrogens is 432 g/mol. The van der Waals surface area contributed by atoms with Gasteiger partial charge in [-0.15, -0.1) is 0 Å². The standard InChI is InChI=1S/C31H26N2O2/c1-32-27-18-9-8-17-26(27)28(29(32)22-12-4-3-5-13-22)30-24-15-6-7-16-25(24)31(34)33(30)20-21-11-10-14-23(19-21)35-2/h3-19,30H,20H2,1-2H3. The molecule has 0 aliphatic carbocycles. The van der Waals surface area contributed by atoms with Crippen LogP contribution in [0, 0.1) is 0 Å². The van der Waals surface area contributed by atoms with Crippen LogP contribution in [0.2, 0.25) is 0 Å². The van der Waals surface area contributed by atoms with Crippen LogP contribution < -0.4 is 4.74 Å². The van der Waals surface area contributed by atoms with E-state index < -0.39 is 0 Å². The third kappa shape index (κ3) is 3.41. The second kappa shape index (κ2) is 8.48. The minimum atomic E-state index is -0.203. The quantitative estimate of drug-likeness (QED) is 0.297. The van der Waals surface area contributed by atoms with Gasteiger partial charge >= 0.3 is 0 Å². The Labute approximate surface area is 205 Å². The number of amides is 1. The fourth-order valence-corrected chi connectivity index (χ4v) is 5.46. The molecule has 6 rings (SSSR count). The molecule has 0 radical (unpaired) electrons. The summed E-state index contributed by atoms with van der Waals surface area (Å²) in [5.41, 5.74) is 7.45. The van der Waals surface area contributed by atoms with Gasteiger partial charge in [-0.1, -0.05) is 78.9 Å². The Morgan fingerprint density at radius 2 is 1.57 bits per heavy atom. The molecule has 1 aliphatic heterocycles. The molecule has 172 valence electrons. The van der Waals surface area contributed by atoms with E-state index in [-0.39, 0.29) is 11.9 Å². The van der Waals surface area contributed by atoms with Gasteiger partial charge in [0.1, 0.15) is 5.75 Å². The van der Waals surface area contributed by atoms with E-state index in [1.807, 2.05) is 47.4 Å². The van der Waals surface area contributed by atoms with Crippen molar-refractivity contribution in [1.82, 2.24) is 9.47 Å². The number of rotatable bonds is 5. The summed E-state index contributed by atoms with van der Waals surface area (Å²) in [5.74, 6) is 0.846. The summed E-state index contributed by atoms with van der Waals surface area (Å²) in [6.45, 7) is 0.493. The van der Waals surface area contributed by atoms with Gasteiger partial charge in [-0.2, -0.15) is 0 Å². The molecule has 35 heavy (non-hydrogen) atoms. The average molecular weight is 459 g/mol. The first-order valence-corrected chi connectivity index (χ1v) is 11.8. The van der Waals surface area contributed by atoms with Gasteiger partial charge in [0.15, 0.2) is 0 Å². The van der Waals surface area contributed by atoms with Gasteiger partial charge in [0.05, 0.1) is 18.8 Å². The molecule has 1 aliphatic rings. The number of benzene rings is 4. The molecule has 4 nitrogen and oxygen atoms in total. The van der Waals surface area contributed by atoms with Crippen LogP contribution in [0.25, 0.3) is 22.2 Å². The van der Waals surface area contributed by atoms with E-state index in [1.165, 1.54) is 5.39 Å². The highest BCUT2D eigenvalue weighted by Gasteiger charge is 2.40. The van der Waals surface area contributed by atoms with Crippen molar-refractivity contribution < 1.29 is 9.53 Å². The molecule has 4 heteroatoms. The summed E-state index contributed by atoms with van der Waals surface area (Å²) >= 11 is 0. The Kier molecular flexibility index (Phi) is 5.14. The first-order valence-electron chi connectivity index (χ1n) is 11.8. The van der Waals surface area contributed by atoms with E-state index in [0.717, 1.165) is 44.8 Å². The van der Waals surface area contributed by atoms with Crippen LogP contribution in [0.4, 0.5) is 0 Å². The highest BCUT2D eigenvalue weighted by atomic mass is 16.5. The third-order valence-corrected chi connectivity index (χ3v) is 7.01. The fraction of sp³-hybridized carbons (Fsp3) is 0.129. The summed E-state index contributed by atoms with van der Waals surface area (Å²) in [7, 11) is 3.78. The maximum Gasteiger partial charge on any atom is 0.255 e. The molecule has 0 saturated carbocycles. The molecule has 0 spiro atoms. The van der Waals surface area contributed by atoms with Crippen molar-refractivity contribution in [3.8, 4) is 17.0 Å². The Morgan fingerprint density at radius 3 is 2.40 bits per heavy atom. The molecule has 0 saturated heterocycles.